The molecule has 138 valence electrons. The predicted octanol–water partition coefficient (Wildman–Crippen LogP) is 5.12. The molecule has 0 atom stereocenters. The predicted molar refractivity (Wildman–Crippen MR) is 116 cm³/mol. The number of fused-ring (bicyclic) bond motifs is 3. The monoisotopic (exact) mass is 414 g/mol. The molecule has 1 amide bonds. The van der Waals surface area contributed by atoms with Crippen molar-refractivity contribution < 1.29 is 4.79 Å². The Morgan fingerprint density at radius 3 is 2.78 bits per heavy atom. The molecule has 4 rings (SSSR count). The van der Waals surface area contributed by atoms with Gasteiger partial charge in [0.25, 0.3) is 0 Å². The molecule has 8 heteroatoms. The summed E-state index contributed by atoms with van der Waals surface area (Å²) in [6, 6.07) is 14.5. The van der Waals surface area contributed by atoms with Crippen LogP contribution in [0.3, 0.4) is 0 Å². The second-order valence-electron chi connectivity index (χ2n) is 5.88. The van der Waals surface area contributed by atoms with Crippen LogP contribution in [0.1, 0.15) is 6.92 Å². The molecule has 1 N–H and O–H groups in total. The van der Waals surface area contributed by atoms with Crippen LogP contribution in [0.25, 0.3) is 21.8 Å². The van der Waals surface area contributed by atoms with Gasteiger partial charge < -0.3 is 9.88 Å². The minimum Gasteiger partial charge on any atom is -0.341 e. The number of hydrogen-bond donors (Lipinski definition) is 1. The van der Waals surface area contributed by atoms with E-state index in [1.807, 2.05) is 12.3 Å². The highest BCUT2D eigenvalue weighted by molar-refractivity contribution is 8.01. The first-order valence-electron chi connectivity index (χ1n) is 8.51. The molecule has 0 aliphatic heterocycles. The van der Waals surface area contributed by atoms with E-state index in [4.69, 9.17) is 0 Å². The maximum absolute atomic E-state index is 12.3. The zero-order valence-electron chi connectivity index (χ0n) is 14.9. The fourth-order valence-electron chi connectivity index (χ4n) is 3.14. The lowest BCUT2D eigenvalue weighted by atomic mass is 10.1. The van der Waals surface area contributed by atoms with Crippen molar-refractivity contribution in [1.82, 2.24) is 13.9 Å². The van der Waals surface area contributed by atoms with Gasteiger partial charge in [-0.25, -0.2) is 4.98 Å². The Morgan fingerprint density at radius 1 is 1.19 bits per heavy atom. The third-order valence-electron chi connectivity index (χ3n) is 4.27. The van der Waals surface area contributed by atoms with Crippen molar-refractivity contribution >= 4 is 68.5 Å². The standard InChI is InChI=1S/C19H18N4OS3/c1-3-23-15-7-5-4-6-13(15)14-10-12(8-9-16(14)23)20-17(24)11-26-19-21-18(25-2)22-27-19/h4-10H,3,11H2,1-2H3,(H,20,24). The Kier molecular flexibility index (Phi) is 5.38. The van der Waals surface area contributed by atoms with E-state index in [1.165, 1.54) is 51.5 Å². The van der Waals surface area contributed by atoms with Crippen molar-refractivity contribution in [1.29, 1.82) is 0 Å². The molecule has 0 unspecified atom stereocenters. The van der Waals surface area contributed by atoms with Crippen LogP contribution in [0.5, 0.6) is 0 Å². The third-order valence-corrected chi connectivity index (χ3v) is 6.77. The number of hydrogen-bond acceptors (Lipinski definition) is 6. The summed E-state index contributed by atoms with van der Waals surface area (Å²) in [7, 11) is 0. The molecule has 5 nitrogen and oxygen atoms in total. The summed E-state index contributed by atoms with van der Waals surface area (Å²) in [6.07, 6.45) is 1.94. The van der Waals surface area contributed by atoms with Gasteiger partial charge in [-0.15, -0.1) is 0 Å². The van der Waals surface area contributed by atoms with Gasteiger partial charge in [-0.05, 0) is 49.0 Å². The SMILES string of the molecule is CCn1c2ccccc2c2cc(NC(=O)CSc3nc(SC)ns3)ccc21. The van der Waals surface area contributed by atoms with Crippen molar-refractivity contribution in [3.63, 3.8) is 0 Å². The van der Waals surface area contributed by atoms with E-state index in [2.05, 4.69) is 62.6 Å². The van der Waals surface area contributed by atoms with Crippen LogP contribution in [0.15, 0.2) is 52.0 Å². The maximum atomic E-state index is 12.3. The van der Waals surface area contributed by atoms with Gasteiger partial charge in [-0.2, -0.15) is 4.37 Å². The van der Waals surface area contributed by atoms with Crippen molar-refractivity contribution in [2.24, 2.45) is 0 Å². The van der Waals surface area contributed by atoms with Crippen molar-refractivity contribution in [2.45, 2.75) is 23.0 Å². The lowest BCUT2D eigenvalue weighted by Gasteiger charge is -2.06. The third kappa shape index (κ3) is 3.69. The maximum Gasteiger partial charge on any atom is 0.234 e. The first-order valence-corrected chi connectivity index (χ1v) is 11.5. The van der Waals surface area contributed by atoms with Crippen LogP contribution >= 0.6 is 35.1 Å². The molecular weight excluding hydrogens is 396 g/mol. The summed E-state index contributed by atoms with van der Waals surface area (Å²) >= 11 is 4.25. The van der Waals surface area contributed by atoms with Gasteiger partial charge in [0.15, 0.2) is 4.34 Å². The number of benzene rings is 2. The van der Waals surface area contributed by atoms with Gasteiger partial charge in [0.2, 0.25) is 11.1 Å². The van der Waals surface area contributed by atoms with Crippen molar-refractivity contribution in [3.8, 4) is 0 Å². The molecule has 0 saturated carbocycles. The quantitative estimate of drug-likeness (QED) is 0.444. The number of rotatable bonds is 6. The molecule has 0 spiro atoms. The lowest BCUT2D eigenvalue weighted by molar-refractivity contribution is -0.113. The van der Waals surface area contributed by atoms with Crippen LogP contribution in [0.2, 0.25) is 0 Å². The zero-order chi connectivity index (χ0) is 18.8. The number of amides is 1. The van der Waals surface area contributed by atoms with Gasteiger partial charge in [-0.1, -0.05) is 41.7 Å². The lowest BCUT2D eigenvalue weighted by Crippen LogP contribution is -2.13. The van der Waals surface area contributed by atoms with E-state index in [0.29, 0.717) is 5.75 Å². The molecule has 2 aromatic carbocycles. The van der Waals surface area contributed by atoms with Crippen LogP contribution in [-0.4, -0.2) is 31.8 Å². The molecule has 2 aromatic heterocycles. The molecule has 0 bridgehead atoms. The Balaban J connectivity index is 1.53. The summed E-state index contributed by atoms with van der Waals surface area (Å²) in [6.45, 7) is 3.06. The van der Waals surface area contributed by atoms with Gasteiger partial charge in [0.05, 0.1) is 5.75 Å². The minimum absolute atomic E-state index is 0.0421. The number of nitrogens with zero attached hydrogens (tertiary/aromatic N) is 3. The number of carbonyl (C=O) groups is 1. The summed E-state index contributed by atoms with van der Waals surface area (Å²) in [4.78, 5) is 16.7. The molecular formula is C19H18N4OS3. The van der Waals surface area contributed by atoms with E-state index < -0.39 is 0 Å². The fourth-order valence-corrected chi connectivity index (χ4v) is 5.14. The zero-order valence-corrected chi connectivity index (χ0v) is 17.4. The Hall–Kier alpha value is -2.03. The van der Waals surface area contributed by atoms with Crippen LogP contribution in [0.4, 0.5) is 5.69 Å². The van der Waals surface area contributed by atoms with Gasteiger partial charge in [-0.3, -0.25) is 4.79 Å². The second kappa shape index (κ2) is 7.92. The first-order chi connectivity index (χ1) is 13.2. The van der Waals surface area contributed by atoms with E-state index in [0.717, 1.165) is 27.1 Å². The molecule has 0 aliphatic rings. The molecule has 0 radical (unpaired) electrons. The van der Waals surface area contributed by atoms with Gasteiger partial charge in [0.1, 0.15) is 0 Å². The number of nitrogens with one attached hydrogen (secondary N) is 1. The molecule has 0 saturated heterocycles. The van der Waals surface area contributed by atoms with Crippen molar-refractivity contribution in [3.05, 3.63) is 42.5 Å². The molecule has 0 aliphatic carbocycles. The highest BCUT2D eigenvalue weighted by atomic mass is 32.2. The van der Waals surface area contributed by atoms with Crippen LogP contribution in [0, 0.1) is 0 Å². The van der Waals surface area contributed by atoms with Crippen molar-refractivity contribution in [2.75, 3.05) is 17.3 Å². The highest BCUT2D eigenvalue weighted by Crippen LogP contribution is 2.31. The number of anilines is 1. The number of thioether (sulfide) groups is 2. The fraction of sp³-hybridized carbons (Fsp3) is 0.211. The topological polar surface area (TPSA) is 59.8 Å². The van der Waals surface area contributed by atoms with E-state index in [9.17, 15) is 4.79 Å². The Labute approximate surface area is 169 Å². The average Bonchev–Trinajstić information content (AvgIpc) is 3.28. The molecule has 0 fully saturated rings. The molecule has 27 heavy (non-hydrogen) atoms. The Bertz CT molecular complexity index is 1120. The Morgan fingerprint density at radius 2 is 2.00 bits per heavy atom. The average molecular weight is 415 g/mol. The number of aryl methyl sites for hydroxylation is 1. The van der Waals surface area contributed by atoms with Crippen LogP contribution < -0.4 is 5.32 Å². The van der Waals surface area contributed by atoms with E-state index in [1.54, 1.807) is 0 Å². The summed E-state index contributed by atoms with van der Waals surface area (Å²) in [5.41, 5.74) is 3.22. The summed E-state index contributed by atoms with van der Waals surface area (Å²) in [5.74, 6) is 0.275. The number of carbonyl (C=O) groups excluding carboxylic acids is 1. The van der Waals surface area contributed by atoms with Gasteiger partial charge in [0, 0.05) is 34.0 Å². The van der Waals surface area contributed by atoms with E-state index >= 15 is 0 Å². The molecule has 2 heterocycles. The summed E-state index contributed by atoms with van der Waals surface area (Å²) < 4.78 is 7.32. The summed E-state index contributed by atoms with van der Waals surface area (Å²) in [5, 5.41) is 6.12. The van der Waals surface area contributed by atoms with E-state index in [-0.39, 0.29) is 5.91 Å². The number of aromatic nitrogens is 3. The van der Waals surface area contributed by atoms with Gasteiger partial charge >= 0.3 is 0 Å². The molecule has 4 aromatic rings. The highest BCUT2D eigenvalue weighted by Gasteiger charge is 2.12. The van der Waals surface area contributed by atoms with Crippen LogP contribution in [-0.2, 0) is 11.3 Å². The largest absolute Gasteiger partial charge is 0.341 e. The second-order valence-corrected chi connectivity index (χ2v) is 8.62. The minimum atomic E-state index is -0.0421. The normalized spacial score (nSPS) is 11.3. The first kappa shape index (κ1) is 18.3. The smallest absolute Gasteiger partial charge is 0.234 e. The number of para-hydroxylation sites is 1.